The number of ether oxygens (including phenoxy) is 1. The fraction of sp³-hybridized carbons (Fsp3) is 0.385. The van der Waals surface area contributed by atoms with E-state index in [0.29, 0.717) is 18.7 Å². The normalized spacial score (nSPS) is 14.2. The molecule has 1 heterocycles. The zero-order chi connectivity index (χ0) is 13.1. The van der Waals surface area contributed by atoms with Crippen LogP contribution in [0.3, 0.4) is 0 Å². The van der Waals surface area contributed by atoms with Gasteiger partial charge in [0.2, 0.25) is 0 Å². The van der Waals surface area contributed by atoms with Gasteiger partial charge in [-0.2, -0.15) is 0 Å². The van der Waals surface area contributed by atoms with Gasteiger partial charge in [0.1, 0.15) is 6.61 Å². The molecule has 0 bridgehead atoms. The van der Waals surface area contributed by atoms with Gasteiger partial charge in [-0.3, -0.25) is 4.79 Å². The van der Waals surface area contributed by atoms with Crippen molar-refractivity contribution in [2.45, 2.75) is 12.8 Å². The first-order valence-corrected chi connectivity index (χ1v) is 5.79. The molecule has 96 valence electrons. The van der Waals surface area contributed by atoms with Crippen molar-refractivity contribution in [3.63, 3.8) is 0 Å². The largest absolute Gasteiger partial charge is 0.478 e. The monoisotopic (exact) mass is 249 g/mol. The number of hydrogen-bond acceptors (Lipinski definition) is 3. The van der Waals surface area contributed by atoms with Crippen LogP contribution in [0.4, 0.5) is 5.69 Å². The lowest BCUT2D eigenvalue weighted by atomic mass is 9.96. The fourth-order valence-corrected chi connectivity index (χ4v) is 2.29. The van der Waals surface area contributed by atoms with Crippen molar-refractivity contribution in [3.8, 4) is 0 Å². The standard InChI is InChI=1S/C13H15NO4/c1-18-8-12(15)14-7-3-5-9-10(13(16)17)4-2-6-11(9)14/h2,4,6H,3,5,7-8H2,1H3,(H,16,17). The number of carboxylic acids is 1. The second kappa shape index (κ2) is 5.18. The summed E-state index contributed by atoms with van der Waals surface area (Å²) < 4.78 is 4.84. The van der Waals surface area contributed by atoms with Gasteiger partial charge < -0.3 is 14.7 Å². The Kier molecular flexibility index (Phi) is 3.62. The molecule has 0 fully saturated rings. The Hall–Kier alpha value is -1.88. The number of hydrogen-bond donors (Lipinski definition) is 1. The van der Waals surface area contributed by atoms with Gasteiger partial charge in [-0.25, -0.2) is 4.79 Å². The topological polar surface area (TPSA) is 66.8 Å². The van der Waals surface area contributed by atoms with E-state index in [9.17, 15) is 9.59 Å². The Morgan fingerprint density at radius 2 is 2.22 bits per heavy atom. The number of anilines is 1. The summed E-state index contributed by atoms with van der Waals surface area (Å²) in [6, 6.07) is 5.03. The van der Waals surface area contributed by atoms with Crippen LogP contribution >= 0.6 is 0 Å². The van der Waals surface area contributed by atoms with Crippen LogP contribution in [0.1, 0.15) is 22.3 Å². The third-order valence-electron chi connectivity index (χ3n) is 3.05. The Morgan fingerprint density at radius 1 is 1.44 bits per heavy atom. The molecule has 0 unspecified atom stereocenters. The van der Waals surface area contributed by atoms with Crippen molar-refractivity contribution >= 4 is 17.6 Å². The Bertz CT molecular complexity index is 484. The number of amides is 1. The molecule has 5 nitrogen and oxygen atoms in total. The minimum Gasteiger partial charge on any atom is -0.478 e. The first-order chi connectivity index (χ1) is 8.65. The average molecular weight is 249 g/mol. The first kappa shape index (κ1) is 12.6. The zero-order valence-corrected chi connectivity index (χ0v) is 10.2. The van der Waals surface area contributed by atoms with Gasteiger partial charge in [0, 0.05) is 19.3 Å². The minimum absolute atomic E-state index is 0.0107. The van der Waals surface area contributed by atoms with Gasteiger partial charge in [-0.15, -0.1) is 0 Å². The minimum atomic E-state index is -0.951. The van der Waals surface area contributed by atoms with Gasteiger partial charge >= 0.3 is 5.97 Å². The summed E-state index contributed by atoms with van der Waals surface area (Å²) in [5, 5.41) is 9.14. The van der Waals surface area contributed by atoms with Crippen molar-refractivity contribution in [2.24, 2.45) is 0 Å². The van der Waals surface area contributed by atoms with Crippen LogP contribution in [0.25, 0.3) is 0 Å². The number of methoxy groups -OCH3 is 1. The SMILES string of the molecule is COCC(=O)N1CCCc2c(C(=O)O)cccc21. The molecule has 1 aliphatic heterocycles. The molecule has 0 aliphatic carbocycles. The van der Waals surface area contributed by atoms with E-state index in [1.54, 1.807) is 23.1 Å². The molecule has 2 rings (SSSR count). The molecule has 0 spiro atoms. The predicted octanol–water partition coefficient (Wildman–Crippen LogP) is 1.31. The summed E-state index contributed by atoms with van der Waals surface area (Å²) in [5.41, 5.74) is 1.71. The highest BCUT2D eigenvalue weighted by Crippen LogP contribution is 2.30. The molecule has 5 heteroatoms. The molecule has 1 aliphatic rings. The van der Waals surface area contributed by atoms with E-state index in [0.717, 1.165) is 12.0 Å². The van der Waals surface area contributed by atoms with Gasteiger partial charge in [-0.1, -0.05) is 6.07 Å². The van der Waals surface area contributed by atoms with Crippen LogP contribution in [0.2, 0.25) is 0 Å². The summed E-state index contributed by atoms with van der Waals surface area (Å²) in [6.07, 6.45) is 1.46. The number of rotatable bonds is 3. The lowest BCUT2D eigenvalue weighted by Gasteiger charge is -2.30. The highest BCUT2D eigenvalue weighted by atomic mass is 16.5. The van der Waals surface area contributed by atoms with E-state index >= 15 is 0 Å². The molecule has 1 amide bonds. The molecule has 0 saturated heterocycles. The van der Waals surface area contributed by atoms with E-state index in [2.05, 4.69) is 0 Å². The first-order valence-electron chi connectivity index (χ1n) is 5.79. The van der Waals surface area contributed by atoms with Gasteiger partial charge in [0.15, 0.2) is 0 Å². The highest BCUT2D eigenvalue weighted by Gasteiger charge is 2.25. The van der Waals surface area contributed by atoms with E-state index in [-0.39, 0.29) is 18.1 Å². The second-order valence-electron chi connectivity index (χ2n) is 4.19. The van der Waals surface area contributed by atoms with Crippen LogP contribution in [0.5, 0.6) is 0 Å². The summed E-state index contributed by atoms with van der Waals surface area (Å²) in [6.45, 7) is 0.620. The molecule has 1 aromatic rings. The maximum Gasteiger partial charge on any atom is 0.336 e. The number of nitrogens with zero attached hydrogens (tertiary/aromatic N) is 1. The molecule has 18 heavy (non-hydrogen) atoms. The Balaban J connectivity index is 2.41. The lowest BCUT2D eigenvalue weighted by molar-refractivity contribution is -0.122. The molecular formula is C13H15NO4. The lowest BCUT2D eigenvalue weighted by Crippen LogP contribution is -2.38. The third kappa shape index (κ3) is 2.22. The van der Waals surface area contributed by atoms with Crippen molar-refractivity contribution in [1.82, 2.24) is 0 Å². The smallest absolute Gasteiger partial charge is 0.336 e. The number of benzene rings is 1. The highest BCUT2D eigenvalue weighted by molar-refractivity contribution is 5.98. The predicted molar refractivity (Wildman–Crippen MR) is 66.0 cm³/mol. The van der Waals surface area contributed by atoms with Crippen LogP contribution in [-0.2, 0) is 16.0 Å². The van der Waals surface area contributed by atoms with Gasteiger partial charge in [0.25, 0.3) is 5.91 Å². The van der Waals surface area contributed by atoms with Crippen LogP contribution in [0, 0.1) is 0 Å². The number of carbonyl (C=O) groups excluding carboxylic acids is 1. The summed E-state index contributed by atoms with van der Waals surface area (Å²) in [7, 11) is 1.47. The van der Waals surface area contributed by atoms with Crippen molar-refractivity contribution in [1.29, 1.82) is 0 Å². The molecule has 1 N–H and O–H groups in total. The van der Waals surface area contributed by atoms with E-state index in [4.69, 9.17) is 9.84 Å². The van der Waals surface area contributed by atoms with E-state index < -0.39 is 5.97 Å². The summed E-state index contributed by atoms with van der Waals surface area (Å²) in [5.74, 6) is -1.09. The van der Waals surface area contributed by atoms with Gasteiger partial charge in [-0.05, 0) is 30.5 Å². The van der Waals surface area contributed by atoms with Crippen molar-refractivity contribution < 1.29 is 19.4 Å². The third-order valence-corrected chi connectivity index (χ3v) is 3.05. The van der Waals surface area contributed by atoms with Crippen LogP contribution < -0.4 is 4.90 Å². The van der Waals surface area contributed by atoms with Crippen molar-refractivity contribution in [2.75, 3.05) is 25.2 Å². The Morgan fingerprint density at radius 3 is 2.89 bits per heavy atom. The fourth-order valence-electron chi connectivity index (χ4n) is 2.29. The molecule has 0 saturated carbocycles. The second-order valence-corrected chi connectivity index (χ2v) is 4.19. The maximum absolute atomic E-state index is 11.9. The molecule has 0 atom stereocenters. The quantitative estimate of drug-likeness (QED) is 0.877. The summed E-state index contributed by atoms with van der Waals surface area (Å²) in [4.78, 5) is 24.6. The molecule has 1 aromatic carbocycles. The van der Waals surface area contributed by atoms with Gasteiger partial charge in [0.05, 0.1) is 5.56 Å². The average Bonchev–Trinajstić information content (AvgIpc) is 2.37. The van der Waals surface area contributed by atoms with Crippen LogP contribution in [0.15, 0.2) is 18.2 Å². The number of carbonyl (C=O) groups is 2. The maximum atomic E-state index is 11.9. The molecular weight excluding hydrogens is 234 g/mol. The zero-order valence-electron chi connectivity index (χ0n) is 10.2. The Labute approximate surface area is 105 Å². The van der Waals surface area contributed by atoms with E-state index in [1.807, 2.05) is 0 Å². The van der Waals surface area contributed by atoms with E-state index in [1.165, 1.54) is 7.11 Å². The number of carboxylic acid groups (broad SMARTS) is 1. The number of fused-ring (bicyclic) bond motifs is 1. The van der Waals surface area contributed by atoms with Crippen molar-refractivity contribution in [3.05, 3.63) is 29.3 Å². The van der Waals surface area contributed by atoms with Crippen LogP contribution in [-0.4, -0.2) is 37.2 Å². The molecule has 0 aromatic heterocycles. The number of aromatic carboxylic acids is 1. The molecule has 0 radical (unpaired) electrons. The summed E-state index contributed by atoms with van der Waals surface area (Å²) >= 11 is 0.